The van der Waals surface area contributed by atoms with Crippen molar-refractivity contribution in [3.63, 3.8) is 0 Å². The van der Waals surface area contributed by atoms with Crippen molar-refractivity contribution in [2.24, 2.45) is 0 Å². The van der Waals surface area contributed by atoms with Crippen LogP contribution in [0.15, 0.2) is 83.7 Å². The van der Waals surface area contributed by atoms with Gasteiger partial charge in [0, 0.05) is 28.0 Å². The van der Waals surface area contributed by atoms with Gasteiger partial charge in [-0.05, 0) is 29.3 Å². The van der Waals surface area contributed by atoms with Crippen molar-refractivity contribution in [3.05, 3.63) is 99.8 Å². The number of hydrogen-bond acceptors (Lipinski definition) is 2. The molecule has 4 aromatic rings. The second-order valence-electron chi connectivity index (χ2n) is 6.10. The third-order valence-corrected chi connectivity index (χ3v) is 4.59. The molecule has 2 N–H and O–H groups in total. The van der Waals surface area contributed by atoms with Gasteiger partial charge in [0.25, 0.3) is 5.56 Å². The number of anilines is 1. The smallest absolute Gasteiger partial charge is 0.272 e. The molecular weight excluding hydrogens is 344 g/mol. The van der Waals surface area contributed by atoms with E-state index < -0.39 is 0 Å². The van der Waals surface area contributed by atoms with Crippen LogP contribution in [0, 0.1) is 0 Å². The average molecular weight is 361 g/mol. The number of benzene rings is 3. The second-order valence-corrected chi connectivity index (χ2v) is 6.54. The average Bonchev–Trinajstić information content (AvgIpc) is 2.68. The fourth-order valence-corrected chi connectivity index (χ4v) is 3.30. The summed E-state index contributed by atoms with van der Waals surface area (Å²) in [5.41, 5.74) is 4.12. The Morgan fingerprint density at radius 3 is 2.31 bits per heavy atom. The highest BCUT2D eigenvalue weighted by molar-refractivity contribution is 6.31. The van der Waals surface area contributed by atoms with Crippen molar-refractivity contribution < 1.29 is 0 Å². The van der Waals surface area contributed by atoms with Crippen molar-refractivity contribution in [2.45, 2.75) is 6.54 Å². The van der Waals surface area contributed by atoms with E-state index in [4.69, 9.17) is 11.6 Å². The molecule has 1 aromatic heterocycles. The number of aromatic nitrogens is 1. The third-order valence-electron chi connectivity index (χ3n) is 4.35. The van der Waals surface area contributed by atoms with E-state index in [-0.39, 0.29) is 5.56 Å². The summed E-state index contributed by atoms with van der Waals surface area (Å²) in [5, 5.41) is 4.87. The number of rotatable bonds is 4. The van der Waals surface area contributed by atoms with E-state index >= 15 is 0 Å². The van der Waals surface area contributed by atoms with Gasteiger partial charge >= 0.3 is 0 Å². The molecule has 4 rings (SSSR count). The number of fused-ring (bicyclic) bond motifs is 1. The molecule has 0 aliphatic heterocycles. The lowest BCUT2D eigenvalue weighted by atomic mass is 9.99. The van der Waals surface area contributed by atoms with Crippen LogP contribution in [-0.4, -0.2) is 4.98 Å². The molecule has 0 amide bonds. The highest BCUT2D eigenvalue weighted by atomic mass is 35.5. The summed E-state index contributed by atoms with van der Waals surface area (Å²) in [6.07, 6.45) is 0. The van der Waals surface area contributed by atoms with E-state index in [1.165, 1.54) is 0 Å². The molecule has 3 aromatic carbocycles. The molecule has 0 fully saturated rings. The molecule has 1 heterocycles. The van der Waals surface area contributed by atoms with Crippen LogP contribution in [0.3, 0.4) is 0 Å². The van der Waals surface area contributed by atoms with Gasteiger partial charge in [-0.15, -0.1) is 0 Å². The van der Waals surface area contributed by atoms with Crippen LogP contribution < -0.4 is 10.9 Å². The normalized spacial score (nSPS) is 10.8. The van der Waals surface area contributed by atoms with Crippen LogP contribution in [-0.2, 0) is 6.54 Å². The number of aromatic amines is 1. The minimum atomic E-state index is -0.144. The Bertz CT molecular complexity index is 1110. The largest absolute Gasteiger partial charge is 0.376 e. The molecule has 0 radical (unpaired) electrons. The van der Waals surface area contributed by atoms with Crippen LogP contribution in [0.4, 0.5) is 5.69 Å². The zero-order chi connectivity index (χ0) is 17.9. The molecule has 3 nitrogen and oxygen atoms in total. The van der Waals surface area contributed by atoms with Crippen molar-refractivity contribution in [2.75, 3.05) is 5.32 Å². The Balaban J connectivity index is 1.90. The Hall–Kier alpha value is -3.04. The minimum absolute atomic E-state index is 0.144. The van der Waals surface area contributed by atoms with Crippen LogP contribution in [0.25, 0.3) is 22.0 Å². The van der Waals surface area contributed by atoms with E-state index in [0.717, 1.165) is 27.6 Å². The Morgan fingerprint density at radius 2 is 1.58 bits per heavy atom. The third kappa shape index (κ3) is 3.22. The first kappa shape index (κ1) is 16.4. The fourth-order valence-electron chi connectivity index (χ4n) is 3.12. The molecule has 0 saturated carbocycles. The molecule has 0 atom stereocenters. The Labute approximate surface area is 156 Å². The maximum atomic E-state index is 12.8. The van der Waals surface area contributed by atoms with Gasteiger partial charge in [0.1, 0.15) is 5.69 Å². The van der Waals surface area contributed by atoms with Gasteiger partial charge in [-0.3, -0.25) is 4.79 Å². The predicted molar refractivity (Wildman–Crippen MR) is 109 cm³/mol. The summed E-state index contributed by atoms with van der Waals surface area (Å²) in [6, 6.07) is 25.4. The summed E-state index contributed by atoms with van der Waals surface area (Å²) in [6.45, 7) is 0.565. The monoisotopic (exact) mass is 360 g/mol. The van der Waals surface area contributed by atoms with E-state index in [9.17, 15) is 4.79 Å². The van der Waals surface area contributed by atoms with Crippen LogP contribution in [0.1, 0.15) is 5.56 Å². The Kier molecular flexibility index (Phi) is 4.46. The van der Waals surface area contributed by atoms with Gasteiger partial charge < -0.3 is 10.3 Å². The molecule has 0 aliphatic carbocycles. The summed E-state index contributed by atoms with van der Waals surface area (Å²) < 4.78 is 0. The predicted octanol–water partition coefficient (Wildman–Crippen LogP) is 5.46. The van der Waals surface area contributed by atoms with Gasteiger partial charge in [0.2, 0.25) is 0 Å². The molecule has 128 valence electrons. The van der Waals surface area contributed by atoms with E-state index in [2.05, 4.69) is 10.3 Å². The zero-order valence-electron chi connectivity index (χ0n) is 14.0. The van der Waals surface area contributed by atoms with Crippen molar-refractivity contribution in [3.8, 4) is 11.1 Å². The van der Waals surface area contributed by atoms with Gasteiger partial charge in [0.05, 0.1) is 0 Å². The van der Waals surface area contributed by atoms with Crippen molar-refractivity contribution in [1.82, 2.24) is 4.98 Å². The maximum absolute atomic E-state index is 12.8. The highest BCUT2D eigenvalue weighted by Crippen LogP contribution is 2.33. The lowest BCUT2D eigenvalue weighted by molar-refractivity contribution is 1.13. The number of halogens is 1. The molecule has 0 saturated heterocycles. The maximum Gasteiger partial charge on any atom is 0.272 e. The molecule has 26 heavy (non-hydrogen) atoms. The quantitative estimate of drug-likeness (QED) is 0.507. The fraction of sp³-hybridized carbons (Fsp3) is 0.0455. The molecule has 0 spiro atoms. The SMILES string of the molecule is O=c1[nH]c2ccc(Cl)cc2c(-c2ccccc2)c1NCc1ccccc1. The van der Waals surface area contributed by atoms with Crippen LogP contribution >= 0.6 is 11.6 Å². The zero-order valence-corrected chi connectivity index (χ0v) is 14.8. The van der Waals surface area contributed by atoms with Crippen LogP contribution in [0.5, 0.6) is 0 Å². The van der Waals surface area contributed by atoms with Crippen molar-refractivity contribution in [1.29, 1.82) is 0 Å². The van der Waals surface area contributed by atoms with Gasteiger partial charge in [-0.1, -0.05) is 72.3 Å². The van der Waals surface area contributed by atoms with Crippen molar-refractivity contribution >= 4 is 28.2 Å². The summed E-state index contributed by atoms with van der Waals surface area (Å²) in [4.78, 5) is 15.7. The summed E-state index contributed by atoms with van der Waals surface area (Å²) in [5.74, 6) is 0. The minimum Gasteiger partial charge on any atom is -0.376 e. The lowest BCUT2D eigenvalue weighted by Crippen LogP contribution is -2.16. The standard InChI is InChI=1S/C22H17ClN2O/c23-17-11-12-19-18(13-17)20(16-9-5-2-6-10-16)21(22(26)25-19)24-14-15-7-3-1-4-8-15/h1-13,24H,14H2,(H,25,26). The second kappa shape index (κ2) is 7.06. The van der Waals surface area contributed by atoms with E-state index in [0.29, 0.717) is 17.3 Å². The highest BCUT2D eigenvalue weighted by Gasteiger charge is 2.14. The first-order chi connectivity index (χ1) is 12.7. The molecular formula is C22H17ClN2O. The van der Waals surface area contributed by atoms with Gasteiger partial charge in [-0.2, -0.15) is 0 Å². The molecule has 4 heteroatoms. The number of pyridine rings is 1. The lowest BCUT2D eigenvalue weighted by Gasteiger charge is -2.15. The summed E-state index contributed by atoms with van der Waals surface area (Å²) >= 11 is 6.23. The molecule has 0 aliphatic rings. The topological polar surface area (TPSA) is 44.9 Å². The van der Waals surface area contributed by atoms with E-state index in [1.807, 2.05) is 72.8 Å². The molecule has 0 unspecified atom stereocenters. The summed E-state index contributed by atoms with van der Waals surface area (Å²) in [7, 11) is 0. The Morgan fingerprint density at radius 1 is 0.885 bits per heavy atom. The first-order valence-corrected chi connectivity index (χ1v) is 8.79. The van der Waals surface area contributed by atoms with Crippen LogP contribution in [0.2, 0.25) is 5.02 Å². The van der Waals surface area contributed by atoms with E-state index in [1.54, 1.807) is 6.07 Å². The number of nitrogens with one attached hydrogen (secondary N) is 2. The molecule has 0 bridgehead atoms. The number of hydrogen-bond donors (Lipinski definition) is 2. The number of H-pyrrole nitrogens is 1. The van der Waals surface area contributed by atoms with Gasteiger partial charge in [-0.25, -0.2) is 0 Å². The first-order valence-electron chi connectivity index (χ1n) is 8.41. The van der Waals surface area contributed by atoms with Gasteiger partial charge in [0.15, 0.2) is 0 Å².